The third kappa shape index (κ3) is 3.45. The van der Waals surface area contributed by atoms with Gasteiger partial charge in [-0.25, -0.2) is 0 Å². The van der Waals surface area contributed by atoms with Gasteiger partial charge in [-0.1, -0.05) is 0 Å². The van der Waals surface area contributed by atoms with Crippen LogP contribution in [0.1, 0.15) is 37.5 Å². The fourth-order valence-electron chi connectivity index (χ4n) is 4.23. The number of fused-ring (bicyclic) bond motifs is 2. The van der Waals surface area contributed by atoms with Gasteiger partial charge in [0, 0.05) is 0 Å². The van der Waals surface area contributed by atoms with E-state index >= 15 is 0 Å². The summed E-state index contributed by atoms with van der Waals surface area (Å²) in [5.41, 5.74) is 1.95. The molecule has 2 aromatic rings. The van der Waals surface area contributed by atoms with Gasteiger partial charge in [0.25, 0.3) is 0 Å². The number of hydrogen-bond donors (Lipinski definition) is 0. The molecular formula is C19H21I2O4-. The minimum atomic E-state index is -0.707. The van der Waals surface area contributed by atoms with E-state index in [4.69, 9.17) is 12.2 Å². The number of ether oxygens (including phenoxy) is 1. The van der Waals surface area contributed by atoms with Gasteiger partial charge in [-0.05, 0) is 0 Å². The van der Waals surface area contributed by atoms with Gasteiger partial charge in [0.05, 0.1) is 0 Å². The number of furan rings is 1. The van der Waals surface area contributed by atoms with Crippen LogP contribution >= 0.6 is 23.0 Å². The van der Waals surface area contributed by atoms with E-state index in [1.807, 2.05) is 42.1 Å². The van der Waals surface area contributed by atoms with E-state index in [1.54, 1.807) is 0 Å². The molecule has 0 radical (unpaired) electrons. The second-order valence-electron chi connectivity index (χ2n) is 7.31. The van der Waals surface area contributed by atoms with Crippen molar-refractivity contribution in [1.82, 2.24) is 0 Å². The normalized spacial score (nSPS) is 27.2. The topological polar surface area (TPSA) is 48.7 Å². The standard InChI is InChI=1S/C19H21I2O4/c1-11-18(19(2,9-23-20)21-10-22)16-8-14(3-4-17(16)24-11)25-15-6-12-5-13(12)7-15/h3-4,8,10,12-13,15H,5-7,9H2,1-2H3/q-1. The molecule has 2 aliphatic carbocycles. The summed E-state index contributed by atoms with van der Waals surface area (Å²) in [6, 6.07) is 6.08. The van der Waals surface area contributed by atoms with Crippen LogP contribution in [0.3, 0.4) is 0 Å². The first-order valence-corrected chi connectivity index (χ1v) is 11.8. The van der Waals surface area contributed by atoms with E-state index in [1.165, 1.54) is 19.3 Å². The van der Waals surface area contributed by atoms with E-state index in [0.29, 0.717) is 12.7 Å². The molecule has 25 heavy (non-hydrogen) atoms. The first-order valence-electron chi connectivity index (χ1n) is 8.56. The number of rotatable bonds is 7. The van der Waals surface area contributed by atoms with Gasteiger partial charge in [-0.3, -0.25) is 0 Å². The molecule has 1 aromatic carbocycles. The molecule has 4 nitrogen and oxygen atoms in total. The Morgan fingerprint density at radius 2 is 2.12 bits per heavy atom. The molecule has 4 rings (SSSR count). The van der Waals surface area contributed by atoms with E-state index in [-0.39, 0.29) is 3.42 Å². The zero-order valence-electron chi connectivity index (χ0n) is 14.3. The van der Waals surface area contributed by atoms with E-state index < -0.39 is 21.2 Å². The van der Waals surface area contributed by atoms with Crippen LogP contribution < -0.4 is 25.9 Å². The van der Waals surface area contributed by atoms with E-state index in [9.17, 15) is 4.79 Å². The summed E-state index contributed by atoms with van der Waals surface area (Å²) in [6.07, 6.45) is 4.13. The van der Waals surface area contributed by atoms with Crippen molar-refractivity contribution in [3.05, 3.63) is 29.5 Å². The molecule has 2 aliphatic rings. The number of hydrogen-bond acceptors (Lipinski definition) is 4. The van der Waals surface area contributed by atoms with Gasteiger partial charge < -0.3 is 0 Å². The number of alkyl halides is 1. The van der Waals surface area contributed by atoms with Crippen molar-refractivity contribution in [2.24, 2.45) is 11.8 Å². The molecule has 2 saturated carbocycles. The molecular weight excluding hydrogens is 546 g/mol. The average molecular weight is 567 g/mol. The van der Waals surface area contributed by atoms with Crippen LogP contribution in [0.15, 0.2) is 22.6 Å². The predicted molar refractivity (Wildman–Crippen MR) is 100 cm³/mol. The third-order valence-corrected chi connectivity index (χ3v) is 8.26. The molecule has 0 spiro atoms. The minimum absolute atomic E-state index is 0.301. The summed E-state index contributed by atoms with van der Waals surface area (Å²) in [4.78, 5) is 11.3. The van der Waals surface area contributed by atoms with Gasteiger partial charge in [-0.15, -0.1) is 0 Å². The Kier molecular flexibility index (Phi) is 5.05. The molecule has 3 unspecified atom stereocenters. The van der Waals surface area contributed by atoms with Crippen molar-refractivity contribution >= 4 is 38.3 Å². The Labute approximate surface area is 171 Å². The Bertz CT molecular complexity index is 792. The van der Waals surface area contributed by atoms with Gasteiger partial charge in [0.2, 0.25) is 0 Å². The van der Waals surface area contributed by atoms with Crippen LogP contribution in [0.2, 0.25) is 0 Å². The summed E-state index contributed by atoms with van der Waals surface area (Å²) in [5.74, 6) is 3.58. The quantitative estimate of drug-likeness (QED) is 0.222. The van der Waals surface area contributed by atoms with E-state index in [2.05, 4.69) is 13.0 Å². The SMILES string of the molecule is Cc1oc2ccc(OC3CC4CC4C3)cc2c1C(C)(COI)[I-]C=O. The van der Waals surface area contributed by atoms with Crippen LogP contribution in [-0.4, -0.2) is 17.0 Å². The molecule has 0 bridgehead atoms. The average Bonchev–Trinajstić information content (AvgIpc) is 3.01. The van der Waals surface area contributed by atoms with Crippen molar-refractivity contribution < 1.29 is 38.2 Å². The van der Waals surface area contributed by atoms with Crippen LogP contribution in [0, 0.1) is 18.8 Å². The molecule has 0 amide bonds. The maximum atomic E-state index is 11.3. The second kappa shape index (κ2) is 6.99. The zero-order chi connectivity index (χ0) is 17.6. The van der Waals surface area contributed by atoms with Gasteiger partial charge in [0.15, 0.2) is 0 Å². The van der Waals surface area contributed by atoms with Gasteiger partial charge >= 0.3 is 173 Å². The Morgan fingerprint density at radius 3 is 2.80 bits per heavy atom. The summed E-state index contributed by atoms with van der Waals surface area (Å²) in [7, 11) is 0. The first kappa shape index (κ1) is 18.0. The van der Waals surface area contributed by atoms with Crippen molar-refractivity contribution in [3.8, 4) is 5.75 Å². The molecule has 0 saturated heterocycles. The number of carbonyl (C=O) groups excluding carboxylic acids is 1. The summed E-state index contributed by atoms with van der Waals surface area (Å²) >= 11 is 1.20. The second-order valence-corrected chi connectivity index (χ2v) is 11.4. The first-order chi connectivity index (χ1) is 12.0. The van der Waals surface area contributed by atoms with Crippen molar-refractivity contribution in [1.29, 1.82) is 0 Å². The number of halogens is 2. The summed E-state index contributed by atoms with van der Waals surface area (Å²) in [6.45, 7) is 4.58. The maximum absolute atomic E-state index is 11.3. The monoisotopic (exact) mass is 567 g/mol. The molecule has 6 heteroatoms. The Morgan fingerprint density at radius 1 is 1.36 bits per heavy atom. The van der Waals surface area contributed by atoms with Crippen LogP contribution in [0.5, 0.6) is 5.75 Å². The molecule has 0 N–H and O–H groups in total. The number of benzene rings is 1. The molecule has 1 heterocycles. The van der Waals surface area contributed by atoms with Crippen molar-refractivity contribution in [2.45, 2.75) is 42.6 Å². The van der Waals surface area contributed by atoms with Crippen molar-refractivity contribution in [3.63, 3.8) is 0 Å². The zero-order valence-corrected chi connectivity index (χ0v) is 18.6. The fourth-order valence-corrected chi connectivity index (χ4v) is 7.32. The predicted octanol–water partition coefficient (Wildman–Crippen LogP) is 1.78. The fraction of sp³-hybridized carbons (Fsp3) is 0.526. The number of aryl methyl sites for hydroxylation is 1. The molecule has 3 atom stereocenters. The molecule has 1 aromatic heterocycles. The van der Waals surface area contributed by atoms with Crippen LogP contribution in [-0.2, 0) is 11.3 Å². The van der Waals surface area contributed by atoms with Gasteiger partial charge in [0.1, 0.15) is 0 Å². The Hall–Kier alpha value is -0.350. The molecule has 2 fully saturated rings. The third-order valence-electron chi connectivity index (χ3n) is 5.47. The number of carbonyl (C=O) groups is 1. The summed E-state index contributed by atoms with van der Waals surface area (Å²) in [5, 5.41) is 1.05. The summed E-state index contributed by atoms with van der Waals surface area (Å²) < 4.78 is 18.4. The van der Waals surface area contributed by atoms with E-state index in [0.717, 1.165) is 44.2 Å². The van der Waals surface area contributed by atoms with Crippen molar-refractivity contribution in [2.75, 3.05) is 6.61 Å². The van der Waals surface area contributed by atoms with Crippen LogP contribution in [0.25, 0.3) is 11.0 Å². The Balaban J connectivity index is 1.69. The van der Waals surface area contributed by atoms with Crippen LogP contribution in [0.4, 0.5) is 0 Å². The van der Waals surface area contributed by atoms with Gasteiger partial charge in [-0.2, -0.15) is 0 Å². The molecule has 0 aliphatic heterocycles. The molecule has 136 valence electrons.